The molecular formula is C13H19NS. The Kier molecular flexibility index (Phi) is 3.86. The van der Waals surface area contributed by atoms with Crippen molar-refractivity contribution in [1.82, 2.24) is 5.32 Å². The highest BCUT2D eigenvalue weighted by Gasteiger charge is 2.04. The molecule has 82 valence electrons. The Morgan fingerprint density at radius 3 is 2.53 bits per heavy atom. The smallest absolute Gasteiger partial charge is 0.0283 e. The lowest BCUT2D eigenvalue weighted by atomic mass is 10.1. The minimum Gasteiger partial charge on any atom is -0.386 e. The Hall–Kier alpha value is -0.890. The molecule has 1 rings (SSSR count). The van der Waals surface area contributed by atoms with Crippen LogP contribution in [0.15, 0.2) is 29.3 Å². The number of rotatable bonds is 2. The van der Waals surface area contributed by atoms with Gasteiger partial charge in [-0.25, -0.2) is 0 Å². The minimum absolute atomic E-state index is 0.108. The predicted molar refractivity (Wildman–Crippen MR) is 70.4 cm³/mol. The monoisotopic (exact) mass is 221 g/mol. The number of hydrogen-bond donors (Lipinski definition) is 2. The molecule has 1 aromatic rings. The van der Waals surface area contributed by atoms with E-state index in [-0.39, 0.29) is 5.54 Å². The quantitative estimate of drug-likeness (QED) is 0.727. The fraction of sp³-hybridized carbons (Fsp3) is 0.385. The van der Waals surface area contributed by atoms with Gasteiger partial charge in [-0.05, 0) is 51.1 Å². The maximum atomic E-state index is 4.48. The summed E-state index contributed by atoms with van der Waals surface area (Å²) in [4.78, 5) is 1.05. The van der Waals surface area contributed by atoms with Crippen molar-refractivity contribution in [3.05, 3.63) is 35.5 Å². The molecule has 0 aliphatic rings. The standard InChI is InChI=1S/C13H19NS/c1-10-6-5-7-11(12(10)15)8-9-14-13(2,3)4/h5-9,14-15H,1-4H3/b9-8+. The molecule has 0 bridgehead atoms. The second-order valence-corrected chi connectivity index (χ2v) is 5.19. The van der Waals surface area contributed by atoms with Crippen LogP contribution in [0.2, 0.25) is 0 Å². The van der Waals surface area contributed by atoms with Crippen molar-refractivity contribution in [1.29, 1.82) is 0 Å². The first kappa shape index (κ1) is 12.2. The second-order valence-electron chi connectivity index (χ2n) is 4.74. The summed E-state index contributed by atoms with van der Waals surface area (Å²) in [5.74, 6) is 0. The zero-order valence-electron chi connectivity index (χ0n) is 9.83. The normalized spacial score (nSPS) is 12.1. The highest BCUT2D eigenvalue weighted by atomic mass is 32.1. The molecule has 1 N–H and O–H groups in total. The summed E-state index contributed by atoms with van der Waals surface area (Å²) in [6.45, 7) is 8.47. The van der Waals surface area contributed by atoms with Crippen LogP contribution in [0.25, 0.3) is 6.08 Å². The van der Waals surface area contributed by atoms with Gasteiger partial charge in [0.25, 0.3) is 0 Å². The van der Waals surface area contributed by atoms with Gasteiger partial charge in [-0.1, -0.05) is 18.2 Å². The van der Waals surface area contributed by atoms with Crippen molar-refractivity contribution >= 4 is 18.7 Å². The fourth-order valence-electron chi connectivity index (χ4n) is 1.20. The van der Waals surface area contributed by atoms with Gasteiger partial charge in [-0.2, -0.15) is 0 Å². The maximum Gasteiger partial charge on any atom is 0.0283 e. The van der Waals surface area contributed by atoms with E-state index >= 15 is 0 Å². The van der Waals surface area contributed by atoms with Crippen LogP contribution in [-0.4, -0.2) is 5.54 Å². The number of aryl methyl sites for hydroxylation is 1. The Labute approximate surface area is 98.0 Å². The van der Waals surface area contributed by atoms with Gasteiger partial charge in [0.15, 0.2) is 0 Å². The molecule has 0 aliphatic heterocycles. The van der Waals surface area contributed by atoms with Crippen molar-refractivity contribution in [2.45, 2.75) is 38.1 Å². The van der Waals surface area contributed by atoms with E-state index in [1.807, 2.05) is 12.3 Å². The third-order valence-corrected chi connectivity index (χ3v) is 2.66. The van der Waals surface area contributed by atoms with Crippen LogP contribution in [0.3, 0.4) is 0 Å². The number of nitrogens with one attached hydrogen (secondary N) is 1. The summed E-state index contributed by atoms with van der Waals surface area (Å²) < 4.78 is 0. The molecule has 0 fully saturated rings. The molecule has 0 amide bonds. The first-order valence-corrected chi connectivity index (χ1v) is 5.58. The van der Waals surface area contributed by atoms with Crippen molar-refractivity contribution in [3.8, 4) is 0 Å². The Balaban J connectivity index is 2.77. The summed E-state index contributed by atoms with van der Waals surface area (Å²) in [7, 11) is 0. The van der Waals surface area contributed by atoms with Crippen molar-refractivity contribution in [2.24, 2.45) is 0 Å². The summed E-state index contributed by atoms with van der Waals surface area (Å²) in [6, 6.07) is 6.18. The molecule has 0 aromatic heterocycles. The fourth-order valence-corrected chi connectivity index (χ4v) is 1.42. The molecule has 1 nitrogen and oxygen atoms in total. The van der Waals surface area contributed by atoms with E-state index in [9.17, 15) is 0 Å². The van der Waals surface area contributed by atoms with Gasteiger partial charge < -0.3 is 5.32 Å². The molecule has 0 spiro atoms. The van der Waals surface area contributed by atoms with Gasteiger partial charge in [0.05, 0.1) is 0 Å². The van der Waals surface area contributed by atoms with Crippen LogP contribution in [0.5, 0.6) is 0 Å². The summed E-state index contributed by atoms with van der Waals surface area (Å²) >= 11 is 4.48. The molecule has 2 heteroatoms. The van der Waals surface area contributed by atoms with E-state index in [1.165, 1.54) is 5.56 Å². The summed E-state index contributed by atoms with van der Waals surface area (Å²) in [5.41, 5.74) is 2.46. The predicted octanol–water partition coefficient (Wildman–Crippen LogP) is 3.64. The molecule has 0 heterocycles. The molecule has 0 unspecified atom stereocenters. The third kappa shape index (κ3) is 4.00. The summed E-state index contributed by atoms with van der Waals surface area (Å²) in [6.07, 6.45) is 4.04. The van der Waals surface area contributed by atoms with E-state index in [0.29, 0.717) is 0 Å². The van der Waals surface area contributed by atoms with E-state index in [1.54, 1.807) is 0 Å². The minimum atomic E-state index is 0.108. The zero-order chi connectivity index (χ0) is 11.5. The average molecular weight is 221 g/mol. The van der Waals surface area contributed by atoms with Gasteiger partial charge in [-0.15, -0.1) is 12.6 Å². The molecule has 0 aliphatic carbocycles. The van der Waals surface area contributed by atoms with E-state index in [2.05, 4.69) is 63.8 Å². The molecule has 0 atom stereocenters. The lowest BCUT2D eigenvalue weighted by Crippen LogP contribution is -2.30. The first-order chi connectivity index (χ1) is 6.90. The molecule has 1 aromatic carbocycles. The lowest BCUT2D eigenvalue weighted by Gasteiger charge is -2.18. The SMILES string of the molecule is Cc1cccc(/C=C/NC(C)(C)C)c1S. The van der Waals surface area contributed by atoms with Crippen LogP contribution in [0.4, 0.5) is 0 Å². The van der Waals surface area contributed by atoms with E-state index in [4.69, 9.17) is 0 Å². The summed E-state index contributed by atoms with van der Waals surface area (Å²) in [5, 5.41) is 3.30. The van der Waals surface area contributed by atoms with Crippen LogP contribution < -0.4 is 5.32 Å². The van der Waals surface area contributed by atoms with Crippen LogP contribution in [0, 0.1) is 6.92 Å². The van der Waals surface area contributed by atoms with Crippen LogP contribution in [0.1, 0.15) is 31.9 Å². The zero-order valence-corrected chi connectivity index (χ0v) is 10.7. The van der Waals surface area contributed by atoms with E-state index < -0.39 is 0 Å². The second kappa shape index (κ2) is 4.75. The van der Waals surface area contributed by atoms with Gasteiger partial charge in [0.1, 0.15) is 0 Å². The van der Waals surface area contributed by atoms with Gasteiger partial charge in [0, 0.05) is 10.4 Å². The van der Waals surface area contributed by atoms with Crippen molar-refractivity contribution < 1.29 is 0 Å². The Morgan fingerprint density at radius 1 is 1.27 bits per heavy atom. The Bertz CT molecular complexity index is 361. The van der Waals surface area contributed by atoms with Gasteiger partial charge in [-0.3, -0.25) is 0 Å². The lowest BCUT2D eigenvalue weighted by molar-refractivity contribution is 0.492. The third-order valence-electron chi connectivity index (χ3n) is 2.05. The van der Waals surface area contributed by atoms with Crippen molar-refractivity contribution in [2.75, 3.05) is 0 Å². The topological polar surface area (TPSA) is 12.0 Å². The van der Waals surface area contributed by atoms with Crippen molar-refractivity contribution in [3.63, 3.8) is 0 Å². The average Bonchev–Trinajstić information content (AvgIpc) is 2.10. The number of hydrogen-bond acceptors (Lipinski definition) is 2. The molecular weight excluding hydrogens is 202 g/mol. The van der Waals surface area contributed by atoms with Crippen LogP contribution >= 0.6 is 12.6 Å². The maximum absolute atomic E-state index is 4.48. The number of thiol groups is 1. The highest BCUT2D eigenvalue weighted by molar-refractivity contribution is 7.80. The Morgan fingerprint density at radius 2 is 1.93 bits per heavy atom. The van der Waals surface area contributed by atoms with Gasteiger partial charge in [0.2, 0.25) is 0 Å². The number of benzene rings is 1. The molecule has 0 saturated carbocycles. The van der Waals surface area contributed by atoms with Gasteiger partial charge >= 0.3 is 0 Å². The first-order valence-electron chi connectivity index (χ1n) is 5.13. The van der Waals surface area contributed by atoms with Crippen LogP contribution in [-0.2, 0) is 0 Å². The molecule has 0 radical (unpaired) electrons. The molecule has 0 saturated heterocycles. The van der Waals surface area contributed by atoms with E-state index in [0.717, 1.165) is 10.5 Å². The molecule has 15 heavy (non-hydrogen) atoms. The highest BCUT2D eigenvalue weighted by Crippen LogP contribution is 2.19. The largest absolute Gasteiger partial charge is 0.386 e.